The first-order valence-corrected chi connectivity index (χ1v) is 4.26. The van der Waals surface area contributed by atoms with E-state index >= 15 is 0 Å². The lowest BCUT2D eigenvalue weighted by Gasteiger charge is -2.31. The Hall–Kier alpha value is -1.20. The van der Waals surface area contributed by atoms with E-state index in [2.05, 4.69) is 4.74 Å². The quantitative estimate of drug-likeness (QED) is 0.592. The third-order valence-electron chi connectivity index (χ3n) is 1.51. The summed E-state index contributed by atoms with van der Waals surface area (Å²) >= 11 is 0. The molecule has 19 heavy (non-hydrogen) atoms. The highest BCUT2D eigenvalue weighted by atomic mass is 19.4. The molecule has 0 heterocycles. The maximum Gasteiger partial charge on any atom is 0.459 e. The van der Waals surface area contributed by atoms with Gasteiger partial charge in [-0.2, -0.15) is 39.5 Å². The molecule has 0 bridgehead atoms. The summed E-state index contributed by atoms with van der Waals surface area (Å²) in [6, 6.07) is 0. The van der Waals surface area contributed by atoms with Crippen molar-refractivity contribution in [2.45, 2.75) is 31.2 Å². The zero-order chi connectivity index (χ0) is 15.7. The van der Waals surface area contributed by atoms with Crippen LogP contribution in [0.1, 0.15) is 6.92 Å². The smallest absolute Gasteiger partial charge is 0.459 e. The molecule has 0 aromatic heterocycles. The fourth-order valence-corrected chi connectivity index (χ4v) is 0.710. The van der Waals surface area contributed by atoms with Gasteiger partial charge in [-0.15, -0.1) is 0 Å². The molecule has 0 radical (unpaired) electrons. The molecular weight excluding hydrogens is 303 g/mol. The predicted molar refractivity (Wildman–Crippen MR) is 38.6 cm³/mol. The van der Waals surface area contributed by atoms with Crippen molar-refractivity contribution in [1.82, 2.24) is 0 Å². The Morgan fingerprint density at radius 3 is 1.53 bits per heavy atom. The molecule has 3 nitrogen and oxygen atoms in total. The Balaban J connectivity index is 5.44. The van der Waals surface area contributed by atoms with E-state index in [9.17, 15) is 44.3 Å². The van der Waals surface area contributed by atoms with Gasteiger partial charge in [0.15, 0.2) is 0 Å². The van der Waals surface area contributed by atoms with Crippen LogP contribution in [0.5, 0.6) is 0 Å². The van der Waals surface area contributed by atoms with Crippen LogP contribution in [0.15, 0.2) is 0 Å². The molecule has 0 saturated heterocycles. The molecule has 0 aliphatic carbocycles. The summed E-state index contributed by atoms with van der Waals surface area (Å²) in [4.78, 5) is 10.4. The summed E-state index contributed by atoms with van der Waals surface area (Å²) in [6.45, 7) is 0.138. The highest BCUT2D eigenvalue weighted by Gasteiger charge is 2.78. The number of carbonyl (C=O) groups excluding carboxylic acids is 1. The lowest BCUT2D eigenvalue weighted by molar-refractivity contribution is -0.473. The Labute approximate surface area is 98.8 Å². The molecule has 114 valence electrons. The summed E-state index contributed by atoms with van der Waals surface area (Å²) in [7, 11) is 0. The molecule has 0 unspecified atom stereocenters. The molecule has 0 N–H and O–H groups in total. The van der Waals surface area contributed by atoms with E-state index in [1.807, 2.05) is 4.74 Å². The largest absolute Gasteiger partial charge is 0.460 e. The Bertz CT molecular complexity index is 318. The molecule has 0 aliphatic rings. The van der Waals surface area contributed by atoms with E-state index in [-0.39, 0.29) is 0 Å². The highest BCUT2D eigenvalue weighted by molar-refractivity contribution is 5.75. The van der Waals surface area contributed by atoms with Gasteiger partial charge in [0.2, 0.25) is 0 Å². The van der Waals surface area contributed by atoms with Crippen molar-refractivity contribution in [2.75, 3.05) is 6.61 Å². The summed E-state index contributed by atoms with van der Waals surface area (Å²) in [5, 5.41) is 0. The minimum absolute atomic E-state index is 0.797. The molecule has 0 aliphatic heterocycles. The Kier molecular flexibility index (Phi) is 4.74. The first-order valence-electron chi connectivity index (χ1n) is 4.26. The van der Waals surface area contributed by atoms with Gasteiger partial charge in [-0.1, -0.05) is 0 Å². The van der Waals surface area contributed by atoms with Crippen LogP contribution in [0.25, 0.3) is 0 Å². The van der Waals surface area contributed by atoms with Gasteiger partial charge in [0.1, 0.15) is 0 Å². The van der Waals surface area contributed by atoms with Gasteiger partial charge < -0.3 is 4.74 Å². The average Bonchev–Trinajstić information content (AvgIpc) is 2.13. The molecule has 0 spiro atoms. The third kappa shape index (κ3) is 3.64. The summed E-state index contributed by atoms with van der Waals surface area (Å²) < 4.78 is 115. The van der Waals surface area contributed by atoms with Crippen molar-refractivity contribution < 1.29 is 53.8 Å². The summed E-state index contributed by atoms with van der Waals surface area (Å²) in [6.07, 6.45) is -19.5. The Morgan fingerprint density at radius 1 is 0.895 bits per heavy atom. The maximum absolute atomic E-state index is 12.7. The zero-order valence-corrected chi connectivity index (χ0v) is 8.83. The van der Waals surface area contributed by atoms with Crippen LogP contribution in [-0.2, 0) is 14.3 Å². The Morgan fingerprint density at radius 2 is 1.26 bits per heavy atom. The van der Waals surface area contributed by atoms with E-state index in [0.717, 1.165) is 6.92 Å². The van der Waals surface area contributed by atoms with Gasteiger partial charge in [0.05, 0.1) is 6.61 Å². The molecule has 0 aromatic rings. The maximum atomic E-state index is 12.7. The second-order valence-electron chi connectivity index (χ2n) is 2.93. The molecule has 0 atom stereocenters. The van der Waals surface area contributed by atoms with E-state index < -0.39 is 36.9 Å². The number of hydrogen-bond donors (Lipinski definition) is 0. The number of rotatable bonds is 4. The monoisotopic (exact) mass is 308 g/mol. The highest BCUT2D eigenvalue weighted by Crippen LogP contribution is 2.49. The minimum Gasteiger partial charge on any atom is -0.460 e. The van der Waals surface area contributed by atoms with Gasteiger partial charge >= 0.3 is 30.3 Å². The van der Waals surface area contributed by atoms with E-state index in [1.165, 1.54) is 0 Å². The van der Waals surface area contributed by atoms with Crippen LogP contribution in [-0.4, -0.2) is 36.9 Å². The van der Waals surface area contributed by atoms with Crippen LogP contribution < -0.4 is 0 Å². The number of hydrogen-bond acceptors (Lipinski definition) is 3. The number of carbonyl (C=O) groups is 1. The third-order valence-corrected chi connectivity index (χ3v) is 1.51. The summed E-state index contributed by atoms with van der Waals surface area (Å²) in [5.41, 5.74) is 0. The SMILES string of the molecule is CCOC(=O)C(F)(F)OC(F)(C(F)(F)F)C(F)(F)F. The van der Waals surface area contributed by atoms with Gasteiger partial charge in [-0.25, -0.2) is 4.79 Å². The second-order valence-corrected chi connectivity index (χ2v) is 2.93. The average molecular weight is 308 g/mol. The second kappa shape index (κ2) is 5.06. The van der Waals surface area contributed by atoms with Gasteiger partial charge in [-0.3, -0.25) is 4.74 Å². The zero-order valence-electron chi connectivity index (χ0n) is 8.83. The van der Waals surface area contributed by atoms with Crippen molar-refractivity contribution in [3.8, 4) is 0 Å². The molecular formula is C7H5F9O3. The predicted octanol–water partition coefficient (Wildman–Crippen LogP) is 2.95. The van der Waals surface area contributed by atoms with Crippen LogP contribution in [0, 0.1) is 0 Å². The molecule has 0 aromatic carbocycles. The van der Waals surface area contributed by atoms with Crippen LogP contribution in [0.4, 0.5) is 39.5 Å². The van der Waals surface area contributed by atoms with Gasteiger partial charge in [0, 0.05) is 0 Å². The summed E-state index contributed by atoms with van der Waals surface area (Å²) in [5.74, 6) is -9.60. The standard InChI is InChI=1S/C7H5F9O3/c1-2-18-3(17)4(8,9)19-5(10,6(11,12)13)7(14,15)16/h2H2,1H3. The fourth-order valence-electron chi connectivity index (χ4n) is 0.710. The number of alkyl halides is 9. The fraction of sp³-hybridized carbons (Fsp3) is 0.857. The first-order chi connectivity index (χ1) is 8.19. The first kappa shape index (κ1) is 17.8. The van der Waals surface area contributed by atoms with Crippen LogP contribution in [0.3, 0.4) is 0 Å². The van der Waals surface area contributed by atoms with Crippen LogP contribution >= 0.6 is 0 Å². The van der Waals surface area contributed by atoms with Gasteiger partial charge in [-0.05, 0) is 6.92 Å². The van der Waals surface area contributed by atoms with E-state index in [0.29, 0.717) is 0 Å². The number of halogens is 9. The van der Waals surface area contributed by atoms with Crippen molar-refractivity contribution in [3.05, 3.63) is 0 Å². The number of esters is 1. The van der Waals surface area contributed by atoms with Gasteiger partial charge in [0.25, 0.3) is 0 Å². The molecule has 0 amide bonds. The van der Waals surface area contributed by atoms with E-state index in [4.69, 9.17) is 0 Å². The molecule has 0 fully saturated rings. The lowest BCUT2D eigenvalue weighted by atomic mass is 10.3. The molecule has 12 heteroatoms. The topological polar surface area (TPSA) is 35.5 Å². The van der Waals surface area contributed by atoms with Crippen LogP contribution in [0.2, 0.25) is 0 Å². The van der Waals surface area contributed by atoms with Crippen molar-refractivity contribution in [3.63, 3.8) is 0 Å². The normalized spacial score (nSPS) is 14.4. The number of ether oxygens (including phenoxy) is 2. The van der Waals surface area contributed by atoms with E-state index in [1.54, 1.807) is 0 Å². The van der Waals surface area contributed by atoms with Crippen molar-refractivity contribution in [2.24, 2.45) is 0 Å². The lowest BCUT2D eigenvalue weighted by Crippen LogP contribution is -2.59. The molecule has 0 saturated carbocycles. The van der Waals surface area contributed by atoms with Crippen molar-refractivity contribution >= 4 is 5.97 Å². The van der Waals surface area contributed by atoms with Crippen molar-refractivity contribution in [1.29, 1.82) is 0 Å². The molecule has 0 rings (SSSR count). The minimum atomic E-state index is -6.87.